The fourth-order valence-corrected chi connectivity index (χ4v) is 3.07. The van der Waals surface area contributed by atoms with Gasteiger partial charge in [-0.1, -0.05) is 54.2 Å². The molecule has 7 nitrogen and oxygen atoms in total. The molecule has 0 fully saturated rings. The molecule has 0 saturated carbocycles. The van der Waals surface area contributed by atoms with Crippen molar-refractivity contribution in [2.45, 2.75) is 11.2 Å². The van der Waals surface area contributed by atoms with Gasteiger partial charge in [0.2, 0.25) is 17.0 Å². The zero-order valence-electron chi connectivity index (χ0n) is 14.2. The molecule has 4 N–H and O–H groups in total. The number of carbonyl (C=O) groups is 1. The summed E-state index contributed by atoms with van der Waals surface area (Å²) in [5.41, 5.74) is 7.46. The number of anilines is 1. The van der Waals surface area contributed by atoms with Crippen LogP contribution in [0.2, 0.25) is 0 Å². The highest BCUT2D eigenvalue weighted by Crippen LogP contribution is 2.24. The number of ether oxygens (including phenoxy) is 1. The average Bonchev–Trinajstić information content (AvgIpc) is 3.10. The van der Waals surface area contributed by atoms with Crippen LogP contribution in [0, 0.1) is 0 Å². The minimum absolute atomic E-state index is 0.122. The van der Waals surface area contributed by atoms with Gasteiger partial charge in [-0.2, -0.15) is 4.98 Å². The number of aromatic nitrogens is 3. The summed E-state index contributed by atoms with van der Waals surface area (Å²) in [6.45, 7) is 0. The lowest BCUT2D eigenvalue weighted by atomic mass is 9.98. The van der Waals surface area contributed by atoms with Gasteiger partial charge in [0.1, 0.15) is 5.75 Å². The van der Waals surface area contributed by atoms with Gasteiger partial charge in [0.05, 0.1) is 18.9 Å². The second-order valence-electron chi connectivity index (χ2n) is 5.48. The predicted molar refractivity (Wildman–Crippen MR) is 101 cm³/mol. The quantitative estimate of drug-likeness (QED) is 0.552. The number of H-pyrrole nitrogens is 1. The van der Waals surface area contributed by atoms with Crippen molar-refractivity contribution in [3.63, 3.8) is 0 Å². The Balaban J connectivity index is 1.73. The van der Waals surface area contributed by atoms with Crippen LogP contribution in [-0.4, -0.2) is 34.0 Å². The molecule has 0 aliphatic heterocycles. The molecular formula is C18H19N5O2S. The summed E-state index contributed by atoms with van der Waals surface area (Å²) in [5.74, 6) is 1.07. The number of benzene rings is 2. The Morgan fingerprint density at radius 3 is 2.50 bits per heavy atom. The van der Waals surface area contributed by atoms with Gasteiger partial charge in [-0.05, 0) is 23.3 Å². The normalized spacial score (nSPS) is 11.7. The molecule has 26 heavy (non-hydrogen) atoms. The van der Waals surface area contributed by atoms with Gasteiger partial charge in [0.25, 0.3) is 0 Å². The number of carbonyl (C=O) groups excluding carboxylic acids is 1. The molecule has 1 amide bonds. The van der Waals surface area contributed by atoms with E-state index in [9.17, 15) is 4.79 Å². The van der Waals surface area contributed by atoms with E-state index in [-0.39, 0.29) is 23.7 Å². The van der Waals surface area contributed by atoms with E-state index in [2.05, 4.69) is 20.5 Å². The standard InChI is InChI=1S/C18H19N5O2S/c1-25-14-9-7-13(8-10-14)16(12-5-3-2-4-6-12)20-15(24)11-26-18-21-17(19)22-23-18/h2-10,16H,11H2,1H3,(H,20,24)(H3,19,21,22,23)/t16-/m1/s1. The molecular weight excluding hydrogens is 350 g/mol. The number of aromatic amines is 1. The molecule has 0 bridgehead atoms. The fraction of sp³-hybridized carbons (Fsp3) is 0.167. The first-order valence-electron chi connectivity index (χ1n) is 7.94. The van der Waals surface area contributed by atoms with Crippen molar-refractivity contribution in [3.8, 4) is 5.75 Å². The third-order valence-electron chi connectivity index (χ3n) is 3.70. The topological polar surface area (TPSA) is 106 Å². The number of nitrogens with two attached hydrogens (primary N) is 1. The zero-order valence-corrected chi connectivity index (χ0v) is 15.0. The molecule has 3 rings (SSSR count). The summed E-state index contributed by atoms with van der Waals surface area (Å²) in [4.78, 5) is 16.4. The van der Waals surface area contributed by atoms with E-state index < -0.39 is 0 Å². The van der Waals surface area contributed by atoms with E-state index in [1.165, 1.54) is 11.8 Å². The highest BCUT2D eigenvalue weighted by molar-refractivity contribution is 7.99. The lowest BCUT2D eigenvalue weighted by Gasteiger charge is -2.20. The first-order valence-corrected chi connectivity index (χ1v) is 8.93. The van der Waals surface area contributed by atoms with Crippen LogP contribution in [0.1, 0.15) is 17.2 Å². The van der Waals surface area contributed by atoms with Crippen molar-refractivity contribution in [2.24, 2.45) is 0 Å². The Hall–Kier alpha value is -3.00. The third kappa shape index (κ3) is 4.54. The lowest BCUT2D eigenvalue weighted by molar-refractivity contribution is -0.119. The van der Waals surface area contributed by atoms with Gasteiger partial charge >= 0.3 is 0 Å². The number of nitrogens with zero attached hydrogens (tertiary/aromatic N) is 2. The number of rotatable bonds is 7. The van der Waals surface area contributed by atoms with E-state index >= 15 is 0 Å². The van der Waals surface area contributed by atoms with Gasteiger partial charge in [-0.15, -0.1) is 5.10 Å². The van der Waals surface area contributed by atoms with Crippen molar-refractivity contribution in [1.82, 2.24) is 20.5 Å². The Kier molecular flexibility index (Phi) is 5.75. The molecule has 1 heterocycles. The second-order valence-corrected chi connectivity index (χ2v) is 6.42. The van der Waals surface area contributed by atoms with E-state index in [4.69, 9.17) is 10.5 Å². The Labute approximate surface area is 155 Å². The van der Waals surface area contributed by atoms with Crippen LogP contribution in [0.25, 0.3) is 0 Å². The highest BCUT2D eigenvalue weighted by Gasteiger charge is 2.17. The second kappa shape index (κ2) is 8.39. The number of amides is 1. The van der Waals surface area contributed by atoms with Crippen LogP contribution in [0.4, 0.5) is 5.95 Å². The molecule has 0 radical (unpaired) electrons. The summed E-state index contributed by atoms with van der Waals surface area (Å²) in [6.07, 6.45) is 0. The summed E-state index contributed by atoms with van der Waals surface area (Å²) in [7, 11) is 1.62. The molecule has 0 unspecified atom stereocenters. The van der Waals surface area contributed by atoms with E-state index in [0.717, 1.165) is 16.9 Å². The molecule has 3 aromatic rings. The van der Waals surface area contributed by atoms with Crippen molar-refractivity contribution in [1.29, 1.82) is 0 Å². The number of thioether (sulfide) groups is 1. The summed E-state index contributed by atoms with van der Waals surface area (Å²) < 4.78 is 5.21. The zero-order chi connectivity index (χ0) is 18.4. The SMILES string of the molecule is COc1ccc([C@H](NC(=O)CSc2n[nH]c(N)n2)c2ccccc2)cc1. The number of nitrogens with one attached hydrogen (secondary N) is 2. The molecule has 8 heteroatoms. The predicted octanol–water partition coefficient (Wildman–Crippen LogP) is 2.39. The molecule has 0 spiro atoms. The van der Waals surface area contributed by atoms with Crippen LogP contribution in [-0.2, 0) is 4.79 Å². The minimum Gasteiger partial charge on any atom is -0.497 e. The Bertz CT molecular complexity index is 852. The molecule has 1 atom stereocenters. The van der Waals surface area contributed by atoms with E-state index in [1.807, 2.05) is 54.6 Å². The average molecular weight is 369 g/mol. The fourth-order valence-electron chi connectivity index (χ4n) is 2.46. The smallest absolute Gasteiger partial charge is 0.231 e. The maximum atomic E-state index is 12.4. The minimum atomic E-state index is -0.257. The third-order valence-corrected chi connectivity index (χ3v) is 4.55. The van der Waals surface area contributed by atoms with Crippen LogP contribution < -0.4 is 15.8 Å². The van der Waals surface area contributed by atoms with Gasteiger partial charge in [-0.25, -0.2) is 5.10 Å². The molecule has 0 aliphatic rings. The molecule has 0 saturated heterocycles. The number of methoxy groups -OCH3 is 1. The lowest BCUT2D eigenvalue weighted by Crippen LogP contribution is -2.30. The van der Waals surface area contributed by atoms with Crippen LogP contribution in [0.15, 0.2) is 59.8 Å². The first kappa shape index (κ1) is 17.8. The molecule has 134 valence electrons. The number of hydrogen-bond donors (Lipinski definition) is 3. The summed E-state index contributed by atoms with van der Waals surface area (Å²) in [5, 5.41) is 9.97. The van der Waals surface area contributed by atoms with Gasteiger partial charge in [-0.3, -0.25) is 4.79 Å². The van der Waals surface area contributed by atoms with Crippen LogP contribution in [0.3, 0.4) is 0 Å². The maximum absolute atomic E-state index is 12.4. The first-order chi connectivity index (χ1) is 12.7. The summed E-state index contributed by atoms with van der Waals surface area (Å²) >= 11 is 1.22. The Morgan fingerprint density at radius 2 is 1.88 bits per heavy atom. The molecule has 2 aromatic carbocycles. The van der Waals surface area contributed by atoms with Gasteiger partial charge < -0.3 is 15.8 Å². The van der Waals surface area contributed by atoms with Gasteiger partial charge in [0.15, 0.2) is 0 Å². The molecule has 1 aromatic heterocycles. The highest BCUT2D eigenvalue weighted by atomic mass is 32.2. The van der Waals surface area contributed by atoms with Crippen LogP contribution in [0.5, 0.6) is 5.75 Å². The summed E-state index contributed by atoms with van der Waals surface area (Å²) in [6, 6.07) is 17.2. The monoisotopic (exact) mass is 369 g/mol. The van der Waals surface area contributed by atoms with E-state index in [0.29, 0.717) is 5.16 Å². The van der Waals surface area contributed by atoms with E-state index in [1.54, 1.807) is 7.11 Å². The number of hydrogen-bond acceptors (Lipinski definition) is 6. The van der Waals surface area contributed by atoms with Crippen molar-refractivity contribution in [2.75, 3.05) is 18.6 Å². The maximum Gasteiger partial charge on any atom is 0.231 e. The Morgan fingerprint density at radius 1 is 1.19 bits per heavy atom. The number of nitrogen functional groups attached to an aromatic ring is 1. The largest absolute Gasteiger partial charge is 0.497 e. The molecule has 0 aliphatic carbocycles. The van der Waals surface area contributed by atoms with Crippen molar-refractivity contribution >= 4 is 23.6 Å². The van der Waals surface area contributed by atoms with Crippen molar-refractivity contribution in [3.05, 3.63) is 65.7 Å². The van der Waals surface area contributed by atoms with Crippen molar-refractivity contribution < 1.29 is 9.53 Å². The van der Waals surface area contributed by atoms with Crippen LogP contribution >= 0.6 is 11.8 Å². The van der Waals surface area contributed by atoms with Gasteiger partial charge in [0, 0.05) is 0 Å².